The summed E-state index contributed by atoms with van der Waals surface area (Å²) >= 11 is 0. The summed E-state index contributed by atoms with van der Waals surface area (Å²) in [4.78, 5) is 4.27. The SMILES string of the molecule is Cc1nn(C)c(C)c1C1CCNc2nc(CO)nn21. The fourth-order valence-electron chi connectivity index (χ4n) is 2.75. The summed E-state index contributed by atoms with van der Waals surface area (Å²) in [5, 5.41) is 21.2. The number of hydrogen-bond donors (Lipinski definition) is 2. The molecule has 2 N–H and O–H groups in total. The molecule has 1 unspecified atom stereocenters. The van der Waals surface area contributed by atoms with Crippen LogP contribution in [-0.2, 0) is 13.7 Å². The Morgan fingerprint density at radius 1 is 1.37 bits per heavy atom. The second kappa shape index (κ2) is 4.34. The Morgan fingerprint density at radius 3 is 2.79 bits per heavy atom. The molecular formula is C12H18N6O. The molecule has 7 nitrogen and oxygen atoms in total. The van der Waals surface area contributed by atoms with Crippen molar-refractivity contribution in [1.29, 1.82) is 0 Å². The van der Waals surface area contributed by atoms with Crippen molar-refractivity contribution in [2.24, 2.45) is 7.05 Å². The quantitative estimate of drug-likeness (QED) is 0.825. The molecule has 2 aromatic rings. The predicted octanol–water partition coefficient (Wildman–Crippen LogP) is 0.526. The molecular weight excluding hydrogens is 244 g/mol. The molecule has 0 aliphatic carbocycles. The van der Waals surface area contributed by atoms with E-state index in [0.29, 0.717) is 5.82 Å². The summed E-state index contributed by atoms with van der Waals surface area (Å²) in [6, 6.07) is 0.137. The van der Waals surface area contributed by atoms with Gasteiger partial charge in [-0.3, -0.25) is 4.68 Å². The summed E-state index contributed by atoms with van der Waals surface area (Å²) in [5.74, 6) is 1.18. The van der Waals surface area contributed by atoms with Gasteiger partial charge < -0.3 is 10.4 Å². The van der Waals surface area contributed by atoms with Crippen LogP contribution in [0.15, 0.2) is 0 Å². The molecule has 1 aliphatic heterocycles. The molecule has 1 atom stereocenters. The van der Waals surface area contributed by atoms with E-state index in [4.69, 9.17) is 0 Å². The van der Waals surface area contributed by atoms with Gasteiger partial charge in [0.15, 0.2) is 5.82 Å². The zero-order chi connectivity index (χ0) is 13.6. The van der Waals surface area contributed by atoms with Gasteiger partial charge in [-0.1, -0.05) is 0 Å². The Hall–Kier alpha value is -1.89. The highest BCUT2D eigenvalue weighted by atomic mass is 16.3. The van der Waals surface area contributed by atoms with Gasteiger partial charge in [0.2, 0.25) is 5.95 Å². The number of aliphatic hydroxyl groups is 1. The first-order valence-electron chi connectivity index (χ1n) is 6.42. The molecule has 102 valence electrons. The Balaban J connectivity index is 2.10. The van der Waals surface area contributed by atoms with Gasteiger partial charge in [-0.15, -0.1) is 0 Å². The van der Waals surface area contributed by atoms with Gasteiger partial charge in [0.05, 0.1) is 11.7 Å². The van der Waals surface area contributed by atoms with Crippen LogP contribution in [0.1, 0.15) is 35.2 Å². The summed E-state index contributed by atoms with van der Waals surface area (Å²) in [5.41, 5.74) is 3.38. The summed E-state index contributed by atoms with van der Waals surface area (Å²) in [6.45, 7) is 4.80. The van der Waals surface area contributed by atoms with Gasteiger partial charge in [0, 0.05) is 24.8 Å². The summed E-state index contributed by atoms with van der Waals surface area (Å²) < 4.78 is 3.77. The van der Waals surface area contributed by atoms with E-state index in [1.165, 1.54) is 5.56 Å². The van der Waals surface area contributed by atoms with Crippen LogP contribution in [0, 0.1) is 13.8 Å². The van der Waals surface area contributed by atoms with Gasteiger partial charge in [0.1, 0.15) is 6.61 Å². The molecule has 0 fully saturated rings. The molecule has 3 heterocycles. The number of fused-ring (bicyclic) bond motifs is 1. The van der Waals surface area contributed by atoms with Gasteiger partial charge in [-0.2, -0.15) is 15.2 Å². The van der Waals surface area contributed by atoms with E-state index in [2.05, 4.69) is 27.4 Å². The van der Waals surface area contributed by atoms with Crippen molar-refractivity contribution in [1.82, 2.24) is 24.5 Å². The van der Waals surface area contributed by atoms with E-state index in [-0.39, 0.29) is 12.6 Å². The highest BCUT2D eigenvalue weighted by molar-refractivity contribution is 5.36. The molecule has 2 aromatic heterocycles. The fourth-order valence-corrected chi connectivity index (χ4v) is 2.75. The highest BCUT2D eigenvalue weighted by Gasteiger charge is 2.28. The maximum atomic E-state index is 9.17. The van der Waals surface area contributed by atoms with Crippen LogP contribution in [0.2, 0.25) is 0 Å². The molecule has 0 amide bonds. The lowest BCUT2D eigenvalue weighted by Gasteiger charge is -2.24. The van der Waals surface area contributed by atoms with Gasteiger partial charge in [-0.05, 0) is 20.3 Å². The van der Waals surface area contributed by atoms with Crippen LogP contribution in [-0.4, -0.2) is 36.2 Å². The average molecular weight is 262 g/mol. The maximum absolute atomic E-state index is 9.17. The average Bonchev–Trinajstić information content (AvgIpc) is 2.91. The zero-order valence-corrected chi connectivity index (χ0v) is 11.4. The number of hydrogen-bond acceptors (Lipinski definition) is 5. The minimum Gasteiger partial charge on any atom is -0.388 e. The van der Waals surface area contributed by atoms with E-state index >= 15 is 0 Å². The number of nitrogens with zero attached hydrogens (tertiary/aromatic N) is 5. The molecule has 0 saturated carbocycles. The van der Waals surface area contributed by atoms with Crippen molar-refractivity contribution in [3.8, 4) is 0 Å². The van der Waals surface area contributed by atoms with Crippen molar-refractivity contribution >= 4 is 5.95 Å². The third kappa shape index (κ3) is 1.81. The second-order valence-electron chi connectivity index (χ2n) is 4.89. The Morgan fingerprint density at radius 2 is 2.16 bits per heavy atom. The Labute approximate surface area is 111 Å². The molecule has 0 bridgehead atoms. The third-order valence-electron chi connectivity index (χ3n) is 3.71. The lowest BCUT2D eigenvalue weighted by molar-refractivity contribution is 0.270. The van der Waals surface area contributed by atoms with Crippen molar-refractivity contribution in [2.75, 3.05) is 11.9 Å². The minimum absolute atomic E-state index is 0.137. The Kier molecular flexibility index (Phi) is 2.78. The van der Waals surface area contributed by atoms with Crippen molar-refractivity contribution in [2.45, 2.75) is 32.9 Å². The highest BCUT2D eigenvalue weighted by Crippen LogP contribution is 2.31. The van der Waals surface area contributed by atoms with Gasteiger partial charge >= 0.3 is 0 Å². The molecule has 3 rings (SSSR count). The topological polar surface area (TPSA) is 80.8 Å². The van der Waals surface area contributed by atoms with E-state index in [9.17, 15) is 5.11 Å². The lowest BCUT2D eigenvalue weighted by Crippen LogP contribution is -2.25. The fraction of sp³-hybridized carbons (Fsp3) is 0.583. The number of aryl methyl sites for hydroxylation is 2. The number of aromatic nitrogens is 5. The number of anilines is 1. The molecule has 19 heavy (non-hydrogen) atoms. The summed E-state index contributed by atoms with van der Waals surface area (Å²) in [7, 11) is 1.95. The zero-order valence-electron chi connectivity index (χ0n) is 11.4. The molecule has 0 radical (unpaired) electrons. The normalized spacial score (nSPS) is 18.2. The van der Waals surface area contributed by atoms with Crippen LogP contribution >= 0.6 is 0 Å². The Bertz CT molecular complexity index is 614. The van der Waals surface area contributed by atoms with E-state index in [1.54, 1.807) is 0 Å². The van der Waals surface area contributed by atoms with Gasteiger partial charge in [-0.25, -0.2) is 4.68 Å². The third-order valence-corrected chi connectivity index (χ3v) is 3.71. The van der Waals surface area contributed by atoms with Crippen molar-refractivity contribution in [3.05, 3.63) is 22.8 Å². The van der Waals surface area contributed by atoms with E-state index in [0.717, 1.165) is 30.3 Å². The van der Waals surface area contributed by atoms with E-state index < -0.39 is 0 Å². The number of aliphatic hydroxyl groups excluding tert-OH is 1. The first-order chi connectivity index (χ1) is 9.11. The molecule has 0 spiro atoms. The van der Waals surface area contributed by atoms with Gasteiger partial charge in [0.25, 0.3) is 0 Å². The molecule has 1 aliphatic rings. The van der Waals surface area contributed by atoms with Crippen LogP contribution in [0.25, 0.3) is 0 Å². The predicted molar refractivity (Wildman–Crippen MR) is 69.9 cm³/mol. The van der Waals surface area contributed by atoms with Crippen LogP contribution in [0.4, 0.5) is 5.95 Å². The first kappa shape index (κ1) is 12.2. The minimum atomic E-state index is -0.139. The molecule has 0 saturated heterocycles. The standard InChI is InChI=1S/C12H18N6O/c1-7-11(8(2)17(3)15-7)9-4-5-13-12-14-10(6-19)16-18(9)12/h9,19H,4-6H2,1-3H3,(H,13,14,16). The van der Waals surface area contributed by atoms with Crippen LogP contribution < -0.4 is 5.32 Å². The molecule has 0 aromatic carbocycles. The molecule has 7 heteroatoms. The maximum Gasteiger partial charge on any atom is 0.222 e. The number of rotatable bonds is 2. The van der Waals surface area contributed by atoms with Crippen LogP contribution in [0.3, 0.4) is 0 Å². The second-order valence-corrected chi connectivity index (χ2v) is 4.89. The van der Waals surface area contributed by atoms with E-state index in [1.807, 2.05) is 23.3 Å². The smallest absolute Gasteiger partial charge is 0.222 e. The summed E-state index contributed by atoms with van der Waals surface area (Å²) in [6.07, 6.45) is 0.939. The monoisotopic (exact) mass is 262 g/mol. The largest absolute Gasteiger partial charge is 0.388 e. The van der Waals surface area contributed by atoms with Crippen LogP contribution in [0.5, 0.6) is 0 Å². The first-order valence-corrected chi connectivity index (χ1v) is 6.42. The lowest BCUT2D eigenvalue weighted by atomic mass is 10.0. The number of nitrogens with one attached hydrogen (secondary N) is 1. The van der Waals surface area contributed by atoms with Crippen molar-refractivity contribution < 1.29 is 5.11 Å². The van der Waals surface area contributed by atoms with Crippen molar-refractivity contribution in [3.63, 3.8) is 0 Å².